The molecule has 3 N–H and O–H groups in total. The zero-order chi connectivity index (χ0) is 15.6. The molecule has 1 aromatic carbocycles. The van der Waals surface area contributed by atoms with Crippen LogP contribution in [0.4, 0.5) is 11.4 Å². The number of benzene rings is 1. The van der Waals surface area contributed by atoms with Crippen LogP contribution in [0.5, 0.6) is 0 Å². The van der Waals surface area contributed by atoms with E-state index in [1.807, 2.05) is 0 Å². The molecule has 0 unspecified atom stereocenters. The van der Waals surface area contributed by atoms with Crippen LogP contribution in [0.25, 0.3) is 0 Å². The molecule has 0 spiro atoms. The van der Waals surface area contributed by atoms with Gasteiger partial charge in [0.1, 0.15) is 5.69 Å². The molecule has 2 aromatic rings. The van der Waals surface area contributed by atoms with Crippen molar-refractivity contribution in [2.45, 2.75) is 11.4 Å². The molecule has 0 radical (unpaired) electrons. The highest BCUT2D eigenvalue weighted by molar-refractivity contribution is 7.89. The lowest BCUT2D eigenvalue weighted by atomic mass is 10.3. The summed E-state index contributed by atoms with van der Waals surface area (Å²) in [6, 6.07) is 4.99. The van der Waals surface area contributed by atoms with Crippen molar-refractivity contribution in [3.05, 3.63) is 46.3 Å². The number of anilines is 1. The van der Waals surface area contributed by atoms with Gasteiger partial charge in [0.15, 0.2) is 0 Å². The largest absolute Gasteiger partial charge is 0.393 e. The maximum atomic E-state index is 12.1. The van der Waals surface area contributed by atoms with E-state index in [4.69, 9.17) is 5.73 Å². The van der Waals surface area contributed by atoms with Gasteiger partial charge in [-0.15, -0.1) is 0 Å². The van der Waals surface area contributed by atoms with Gasteiger partial charge < -0.3 is 5.73 Å². The molecule has 2 rings (SSSR count). The number of nitro benzene ring substituents is 1. The van der Waals surface area contributed by atoms with Crippen molar-refractivity contribution >= 4 is 21.4 Å². The Morgan fingerprint density at radius 1 is 1.43 bits per heavy atom. The standard InChI is InChI=1S/C11H13N5O4S/c1-15-5-4-8(14-15)7-13-21(19,20)9-2-3-10(12)11(6-9)16(17)18/h2-6,13H,7,12H2,1H3. The minimum atomic E-state index is -3.88. The zero-order valence-electron chi connectivity index (χ0n) is 11.1. The van der Waals surface area contributed by atoms with Crippen LogP contribution < -0.4 is 10.5 Å². The lowest BCUT2D eigenvalue weighted by Crippen LogP contribution is -2.23. The third kappa shape index (κ3) is 3.35. The van der Waals surface area contributed by atoms with Crippen LogP contribution in [0, 0.1) is 10.1 Å². The monoisotopic (exact) mass is 311 g/mol. The van der Waals surface area contributed by atoms with Crippen molar-refractivity contribution in [1.82, 2.24) is 14.5 Å². The molecule has 9 nitrogen and oxygen atoms in total. The number of hydrogen-bond acceptors (Lipinski definition) is 6. The molecule has 0 aliphatic rings. The van der Waals surface area contributed by atoms with Crippen molar-refractivity contribution in [1.29, 1.82) is 0 Å². The molecular formula is C11H13N5O4S. The first-order chi connectivity index (χ1) is 9.79. The summed E-state index contributed by atoms with van der Waals surface area (Å²) in [5.74, 6) is 0. The molecule has 10 heteroatoms. The first-order valence-electron chi connectivity index (χ1n) is 5.82. The highest BCUT2D eigenvalue weighted by atomic mass is 32.2. The second-order valence-electron chi connectivity index (χ2n) is 4.28. The van der Waals surface area contributed by atoms with Crippen LogP contribution in [-0.4, -0.2) is 23.1 Å². The predicted molar refractivity (Wildman–Crippen MR) is 74.7 cm³/mol. The summed E-state index contributed by atoms with van der Waals surface area (Å²) in [5.41, 5.74) is 5.42. The van der Waals surface area contributed by atoms with Crippen molar-refractivity contribution < 1.29 is 13.3 Å². The Hall–Kier alpha value is -2.46. The summed E-state index contributed by atoms with van der Waals surface area (Å²) < 4.78 is 28.0. The summed E-state index contributed by atoms with van der Waals surface area (Å²) in [6.07, 6.45) is 1.68. The average molecular weight is 311 g/mol. The van der Waals surface area contributed by atoms with E-state index in [1.54, 1.807) is 19.3 Å². The Kier molecular flexibility index (Phi) is 3.91. The number of aromatic nitrogens is 2. The maximum Gasteiger partial charge on any atom is 0.293 e. The van der Waals surface area contributed by atoms with E-state index in [-0.39, 0.29) is 17.1 Å². The van der Waals surface area contributed by atoms with E-state index in [0.717, 1.165) is 6.07 Å². The molecule has 0 amide bonds. The Morgan fingerprint density at radius 2 is 2.14 bits per heavy atom. The SMILES string of the molecule is Cn1ccc(CNS(=O)(=O)c2ccc(N)c([N+](=O)[O-])c2)n1. The fraction of sp³-hybridized carbons (Fsp3) is 0.182. The highest BCUT2D eigenvalue weighted by Gasteiger charge is 2.20. The minimum Gasteiger partial charge on any atom is -0.393 e. The van der Waals surface area contributed by atoms with Crippen LogP contribution in [0.1, 0.15) is 5.69 Å². The van der Waals surface area contributed by atoms with E-state index in [0.29, 0.717) is 5.69 Å². The van der Waals surface area contributed by atoms with Crippen LogP contribution in [0.2, 0.25) is 0 Å². The summed E-state index contributed by atoms with van der Waals surface area (Å²) in [4.78, 5) is 9.83. The number of nitrogens with zero attached hydrogens (tertiary/aromatic N) is 3. The number of sulfonamides is 1. The summed E-state index contributed by atoms with van der Waals surface area (Å²) in [6.45, 7) is -0.0126. The molecule has 0 atom stereocenters. The van der Waals surface area contributed by atoms with Crippen LogP contribution in [0.15, 0.2) is 35.4 Å². The van der Waals surface area contributed by atoms with Gasteiger partial charge in [-0.3, -0.25) is 14.8 Å². The third-order valence-electron chi connectivity index (χ3n) is 2.72. The fourth-order valence-corrected chi connectivity index (χ4v) is 2.68. The average Bonchev–Trinajstić information content (AvgIpc) is 2.82. The molecule has 0 aliphatic heterocycles. The smallest absolute Gasteiger partial charge is 0.293 e. The number of nitrogens with one attached hydrogen (secondary N) is 1. The van der Waals surface area contributed by atoms with Gasteiger partial charge in [0.2, 0.25) is 10.0 Å². The normalized spacial score (nSPS) is 11.5. The first kappa shape index (κ1) is 14.9. The minimum absolute atomic E-state index is 0.0126. The van der Waals surface area contributed by atoms with Gasteiger partial charge in [0, 0.05) is 19.3 Å². The number of rotatable bonds is 5. The maximum absolute atomic E-state index is 12.1. The lowest BCUT2D eigenvalue weighted by molar-refractivity contribution is -0.384. The molecule has 0 fully saturated rings. The Morgan fingerprint density at radius 3 is 2.71 bits per heavy atom. The van der Waals surface area contributed by atoms with Crippen molar-refractivity contribution in [2.75, 3.05) is 5.73 Å². The summed E-state index contributed by atoms with van der Waals surface area (Å²) in [5, 5.41) is 14.8. The van der Waals surface area contributed by atoms with E-state index < -0.39 is 20.6 Å². The van der Waals surface area contributed by atoms with Crippen LogP contribution >= 0.6 is 0 Å². The molecule has 1 aromatic heterocycles. The predicted octanol–water partition coefficient (Wildman–Crippen LogP) is 0.389. The highest BCUT2D eigenvalue weighted by Crippen LogP contribution is 2.24. The quantitative estimate of drug-likeness (QED) is 0.466. The molecule has 0 saturated heterocycles. The van der Waals surface area contributed by atoms with Crippen molar-refractivity contribution in [3.8, 4) is 0 Å². The second kappa shape index (κ2) is 5.50. The third-order valence-corrected chi connectivity index (χ3v) is 4.12. The number of hydrogen-bond donors (Lipinski definition) is 2. The molecule has 0 bridgehead atoms. The topological polar surface area (TPSA) is 133 Å². The first-order valence-corrected chi connectivity index (χ1v) is 7.30. The van der Waals surface area contributed by atoms with Gasteiger partial charge in [-0.1, -0.05) is 0 Å². The number of nitrogens with two attached hydrogens (primary N) is 1. The van der Waals surface area contributed by atoms with Crippen molar-refractivity contribution in [2.24, 2.45) is 7.05 Å². The Bertz CT molecular complexity index is 784. The van der Waals surface area contributed by atoms with E-state index in [9.17, 15) is 18.5 Å². The molecule has 0 aliphatic carbocycles. The zero-order valence-corrected chi connectivity index (χ0v) is 11.9. The molecule has 1 heterocycles. The van der Waals surface area contributed by atoms with Gasteiger partial charge in [-0.05, 0) is 18.2 Å². The number of aryl methyl sites for hydroxylation is 1. The van der Waals surface area contributed by atoms with E-state index in [1.165, 1.54) is 16.8 Å². The van der Waals surface area contributed by atoms with Gasteiger partial charge >= 0.3 is 0 Å². The molecule has 21 heavy (non-hydrogen) atoms. The van der Waals surface area contributed by atoms with E-state index in [2.05, 4.69) is 9.82 Å². The number of nitrogen functional groups attached to an aromatic ring is 1. The Balaban J connectivity index is 2.23. The molecule has 112 valence electrons. The van der Waals surface area contributed by atoms with Crippen LogP contribution in [-0.2, 0) is 23.6 Å². The van der Waals surface area contributed by atoms with Gasteiger partial charge in [-0.25, -0.2) is 13.1 Å². The second-order valence-corrected chi connectivity index (χ2v) is 6.05. The summed E-state index contributed by atoms with van der Waals surface area (Å²) in [7, 11) is -2.17. The lowest BCUT2D eigenvalue weighted by Gasteiger charge is -2.06. The Labute approximate surface area is 120 Å². The fourth-order valence-electron chi connectivity index (χ4n) is 1.66. The van der Waals surface area contributed by atoms with Gasteiger partial charge in [0.25, 0.3) is 5.69 Å². The summed E-state index contributed by atoms with van der Waals surface area (Å²) >= 11 is 0. The van der Waals surface area contributed by atoms with Gasteiger partial charge in [0.05, 0.1) is 22.1 Å². The van der Waals surface area contributed by atoms with Crippen LogP contribution in [0.3, 0.4) is 0 Å². The van der Waals surface area contributed by atoms with E-state index >= 15 is 0 Å². The van der Waals surface area contributed by atoms with Gasteiger partial charge in [-0.2, -0.15) is 5.10 Å². The molecular weight excluding hydrogens is 298 g/mol. The number of nitro groups is 1. The molecule has 0 saturated carbocycles. The van der Waals surface area contributed by atoms with Crippen molar-refractivity contribution in [3.63, 3.8) is 0 Å².